The number of benzene rings is 1. The van der Waals surface area contributed by atoms with Gasteiger partial charge in [-0.25, -0.2) is 0 Å². The van der Waals surface area contributed by atoms with E-state index in [1.165, 1.54) is 18.4 Å². The third-order valence-electron chi connectivity index (χ3n) is 3.83. The smallest absolute Gasteiger partial charge is 0.0706 e. The molecule has 0 aliphatic carbocycles. The van der Waals surface area contributed by atoms with E-state index in [0.717, 1.165) is 18.8 Å². The second kappa shape index (κ2) is 6.40. The minimum Gasteiger partial charge on any atom is -0.399 e. The first-order valence-corrected chi connectivity index (χ1v) is 7.28. The molecule has 0 saturated carbocycles. The summed E-state index contributed by atoms with van der Waals surface area (Å²) >= 11 is 0. The van der Waals surface area contributed by atoms with Crippen LogP contribution in [0.4, 0.5) is 5.69 Å². The van der Waals surface area contributed by atoms with E-state index >= 15 is 0 Å². The third-order valence-corrected chi connectivity index (χ3v) is 3.83. The molecule has 0 amide bonds. The fraction of sp³-hybridized carbons (Fsp3) is 0.625. The van der Waals surface area contributed by atoms with Crippen molar-refractivity contribution in [3.05, 3.63) is 29.8 Å². The number of nitrogens with two attached hydrogens (primary N) is 1. The molecule has 0 radical (unpaired) electrons. The largest absolute Gasteiger partial charge is 0.399 e. The van der Waals surface area contributed by atoms with Gasteiger partial charge in [0, 0.05) is 24.8 Å². The number of hydrogen-bond donors (Lipinski definition) is 1. The van der Waals surface area contributed by atoms with Crippen LogP contribution < -0.4 is 5.73 Å². The molecule has 2 unspecified atom stereocenters. The molecule has 0 aromatic heterocycles. The fourth-order valence-corrected chi connectivity index (χ4v) is 2.67. The summed E-state index contributed by atoms with van der Waals surface area (Å²) in [4.78, 5) is 2.47. The quantitative estimate of drug-likeness (QED) is 0.829. The molecule has 1 aromatic rings. The number of nitrogen functional groups attached to an aromatic ring is 1. The summed E-state index contributed by atoms with van der Waals surface area (Å²) in [7, 11) is 0. The highest BCUT2D eigenvalue weighted by Crippen LogP contribution is 2.21. The number of hydrogen-bond acceptors (Lipinski definition) is 3. The van der Waals surface area contributed by atoms with E-state index in [4.69, 9.17) is 10.5 Å². The highest BCUT2D eigenvalue weighted by Gasteiger charge is 2.24. The van der Waals surface area contributed by atoms with Crippen molar-refractivity contribution < 1.29 is 4.74 Å². The van der Waals surface area contributed by atoms with E-state index in [1.807, 2.05) is 12.1 Å². The van der Waals surface area contributed by atoms with Crippen molar-refractivity contribution in [2.75, 3.05) is 12.3 Å². The number of rotatable bonds is 5. The molecule has 1 saturated heterocycles. The molecule has 1 aliphatic rings. The van der Waals surface area contributed by atoms with Crippen LogP contribution in [0.25, 0.3) is 0 Å². The summed E-state index contributed by atoms with van der Waals surface area (Å²) in [6, 6.07) is 8.68. The monoisotopic (exact) mass is 262 g/mol. The van der Waals surface area contributed by atoms with Crippen LogP contribution in [0.3, 0.4) is 0 Å². The van der Waals surface area contributed by atoms with Gasteiger partial charge in [-0.2, -0.15) is 0 Å². The zero-order valence-corrected chi connectivity index (χ0v) is 12.3. The Kier molecular flexibility index (Phi) is 4.83. The normalized spacial score (nSPS) is 23.4. The van der Waals surface area contributed by atoms with E-state index in [9.17, 15) is 0 Å². The Bertz CT molecular complexity index is 405. The number of nitrogens with zero attached hydrogens (tertiary/aromatic N) is 1. The maximum atomic E-state index is 5.94. The van der Waals surface area contributed by atoms with Gasteiger partial charge in [0.15, 0.2) is 0 Å². The van der Waals surface area contributed by atoms with Crippen LogP contribution in [0.5, 0.6) is 0 Å². The third kappa shape index (κ3) is 4.22. The minimum absolute atomic E-state index is 0.387. The van der Waals surface area contributed by atoms with Crippen molar-refractivity contribution in [2.45, 2.75) is 58.4 Å². The average Bonchev–Trinajstić information content (AvgIpc) is 2.74. The summed E-state index contributed by atoms with van der Waals surface area (Å²) in [5.74, 6) is 0. The summed E-state index contributed by atoms with van der Waals surface area (Å²) in [6.45, 7) is 8.60. The van der Waals surface area contributed by atoms with Crippen LogP contribution >= 0.6 is 0 Å². The summed E-state index contributed by atoms with van der Waals surface area (Å²) in [5, 5.41) is 0. The molecule has 3 heteroatoms. The molecule has 1 fully saturated rings. The van der Waals surface area contributed by atoms with Crippen LogP contribution in [0.15, 0.2) is 24.3 Å². The Morgan fingerprint density at radius 2 is 2.16 bits per heavy atom. The Labute approximate surface area is 116 Å². The highest BCUT2D eigenvalue weighted by atomic mass is 16.5. The molecular formula is C16H26N2O. The van der Waals surface area contributed by atoms with Crippen molar-refractivity contribution in [2.24, 2.45) is 0 Å². The molecule has 1 aliphatic heterocycles. The molecule has 2 atom stereocenters. The zero-order valence-electron chi connectivity index (χ0n) is 12.3. The zero-order chi connectivity index (χ0) is 13.8. The predicted octanol–water partition coefficient (Wildman–Crippen LogP) is 3.05. The molecule has 2 N–H and O–H groups in total. The Morgan fingerprint density at radius 1 is 1.37 bits per heavy atom. The lowest BCUT2D eigenvalue weighted by Gasteiger charge is -2.29. The lowest BCUT2D eigenvalue weighted by molar-refractivity contribution is 0.0226. The predicted molar refractivity (Wildman–Crippen MR) is 80.0 cm³/mol. The van der Waals surface area contributed by atoms with Gasteiger partial charge in [-0.3, -0.25) is 4.90 Å². The fourth-order valence-electron chi connectivity index (χ4n) is 2.67. The van der Waals surface area contributed by atoms with Gasteiger partial charge >= 0.3 is 0 Å². The summed E-state index contributed by atoms with van der Waals surface area (Å²) in [6.07, 6.45) is 3.18. The summed E-state index contributed by atoms with van der Waals surface area (Å²) < 4.78 is 5.94. The van der Waals surface area contributed by atoms with E-state index in [-0.39, 0.29) is 0 Å². The molecule has 1 heterocycles. The molecule has 3 nitrogen and oxygen atoms in total. The molecule has 1 aromatic carbocycles. The molecular weight excluding hydrogens is 236 g/mol. The van der Waals surface area contributed by atoms with Crippen LogP contribution in [0.1, 0.15) is 39.2 Å². The minimum atomic E-state index is 0.387. The van der Waals surface area contributed by atoms with Crippen molar-refractivity contribution in [3.63, 3.8) is 0 Å². The van der Waals surface area contributed by atoms with Gasteiger partial charge in [0.1, 0.15) is 0 Å². The van der Waals surface area contributed by atoms with Gasteiger partial charge in [-0.1, -0.05) is 12.1 Å². The lowest BCUT2D eigenvalue weighted by Crippen LogP contribution is -2.37. The van der Waals surface area contributed by atoms with Crippen molar-refractivity contribution >= 4 is 5.69 Å². The molecule has 106 valence electrons. The number of anilines is 1. The van der Waals surface area contributed by atoms with E-state index in [1.54, 1.807) is 0 Å². The first kappa shape index (κ1) is 14.4. The van der Waals surface area contributed by atoms with Gasteiger partial charge in [-0.15, -0.1) is 0 Å². The van der Waals surface area contributed by atoms with Crippen LogP contribution in [0.2, 0.25) is 0 Å². The van der Waals surface area contributed by atoms with Crippen molar-refractivity contribution in [1.29, 1.82) is 0 Å². The molecule has 0 spiro atoms. The van der Waals surface area contributed by atoms with Crippen molar-refractivity contribution in [1.82, 2.24) is 4.90 Å². The lowest BCUT2D eigenvalue weighted by atomic mass is 10.1. The topological polar surface area (TPSA) is 38.5 Å². The van der Waals surface area contributed by atoms with Crippen LogP contribution in [0, 0.1) is 0 Å². The first-order chi connectivity index (χ1) is 9.04. The maximum absolute atomic E-state index is 5.94. The average molecular weight is 262 g/mol. The van der Waals surface area contributed by atoms with Crippen LogP contribution in [-0.2, 0) is 11.3 Å². The van der Waals surface area contributed by atoms with Crippen LogP contribution in [-0.4, -0.2) is 29.7 Å². The first-order valence-electron chi connectivity index (χ1n) is 7.28. The number of ether oxygens (including phenoxy) is 1. The van der Waals surface area contributed by atoms with Gasteiger partial charge in [0.2, 0.25) is 0 Å². The van der Waals surface area contributed by atoms with E-state index in [2.05, 4.69) is 37.8 Å². The molecule has 0 bridgehead atoms. The molecule has 19 heavy (non-hydrogen) atoms. The van der Waals surface area contributed by atoms with E-state index in [0.29, 0.717) is 18.2 Å². The summed E-state index contributed by atoms with van der Waals surface area (Å²) in [5.41, 5.74) is 7.97. The SMILES string of the molecule is CC1CCC(CN(Cc2cccc(N)c2)C(C)C)O1. The van der Waals surface area contributed by atoms with E-state index < -0.39 is 0 Å². The highest BCUT2D eigenvalue weighted by molar-refractivity contribution is 5.40. The molecule has 2 rings (SSSR count). The Balaban J connectivity index is 1.96. The maximum Gasteiger partial charge on any atom is 0.0706 e. The van der Waals surface area contributed by atoms with Gasteiger partial charge < -0.3 is 10.5 Å². The van der Waals surface area contributed by atoms with Gasteiger partial charge in [-0.05, 0) is 51.3 Å². The Morgan fingerprint density at radius 3 is 2.74 bits per heavy atom. The Hall–Kier alpha value is -1.06. The standard InChI is InChI=1S/C16H26N2O/c1-12(2)18(11-16-8-7-13(3)19-16)10-14-5-4-6-15(17)9-14/h4-6,9,12-13,16H,7-8,10-11,17H2,1-3H3. The second-order valence-corrected chi connectivity index (χ2v) is 5.91. The van der Waals surface area contributed by atoms with Crippen molar-refractivity contribution in [3.8, 4) is 0 Å². The second-order valence-electron chi connectivity index (χ2n) is 5.91. The van der Waals surface area contributed by atoms with Gasteiger partial charge in [0.25, 0.3) is 0 Å². The van der Waals surface area contributed by atoms with Gasteiger partial charge in [0.05, 0.1) is 12.2 Å².